The summed E-state index contributed by atoms with van der Waals surface area (Å²) in [6, 6.07) is 8.71. The van der Waals surface area contributed by atoms with E-state index in [9.17, 15) is 19.5 Å². The summed E-state index contributed by atoms with van der Waals surface area (Å²) in [6.07, 6.45) is 0. The average molecular weight is 425 g/mol. The van der Waals surface area contributed by atoms with Gasteiger partial charge in [-0.05, 0) is 38.5 Å². The number of esters is 1. The maximum absolute atomic E-state index is 13.1. The summed E-state index contributed by atoms with van der Waals surface area (Å²) < 4.78 is 11.9. The molecule has 0 spiro atoms. The van der Waals surface area contributed by atoms with E-state index in [0.29, 0.717) is 16.8 Å². The molecule has 0 unspecified atom stereocenters. The molecule has 0 saturated carbocycles. The molecule has 162 valence electrons. The van der Waals surface area contributed by atoms with E-state index in [-0.39, 0.29) is 19.8 Å². The number of amides is 1. The summed E-state index contributed by atoms with van der Waals surface area (Å²) in [4.78, 5) is 37.7. The van der Waals surface area contributed by atoms with Crippen LogP contribution in [0.4, 0.5) is 0 Å². The van der Waals surface area contributed by atoms with Crippen LogP contribution in [-0.2, 0) is 34.0 Å². The van der Waals surface area contributed by atoms with Gasteiger partial charge in [0.05, 0.1) is 37.1 Å². The van der Waals surface area contributed by atoms with E-state index < -0.39 is 40.9 Å². The van der Waals surface area contributed by atoms with Crippen molar-refractivity contribution in [2.75, 3.05) is 6.54 Å². The molecular weight excluding hydrogens is 402 g/mol. The summed E-state index contributed by atoms with van der Waals surface area (Å²) in [6.45, 7) is 4.94. The average Bonchev–Trinajstić information content (AvgIpc) is 3.19. The van der Waals surface area contributed by atoms with Crippen molar-refractivity contribution in [2.45, 2.75) is 46.1 Å². The molecule has 1 aromatic heterocycles. The molecule has 2 N–H and O–H groups in total. The first kappa shape index (κ1) is 22.1. The Kier molecular flexibility index (Phi) is 6.13. The van der Waals surface area contributed by atoms with Gasteiger partial charge in [-0.15, -0.1) is 0 Å². The van der Waals surface area contributed by atoms with Crippen molar-refractivity contribution in [1.29, 1.82) is 5.26 Å². The molecule has 1 aromatic carbocycles. The molecule has 0 fully saturated rings. The fraction of sp³-hybridized carbons (Fsp3) is 0.364. The van der Waals surface area contributed by atoms with E-state index >= 15 is 0 Å². The highest BCUT2D eigenvalue weighted by Gasteiger charge is 2.29. The lowest BCUT2D eigenvalue weighted by Crippen LogP contribution is -2.38. The summed E-state index contributed by atoms with van der Waals surface area (Å²) in [5, 5.41) is 21.8. The topological polar surface area (TPSA) is 131 Å². The Morgan fingerprint density at radius 3 is 2.55 bits per heavy atom. The maximum atomic E-state index is 13.1. The molecule has 1 amide bonds. The lowest BCUT2D eigenvalue weighted by Gasteiger charge is -2.20. The number of nitrogens with one attached hydrogen (secondary N) is 1. The highest BCUT2D eigenvalue weighted by Crippen LogP contribution is 2.30. The first-order valence-corrected chi connectivity index (χ1v) is 9.65. The molecule has 9 heteroatoms. The van der Waals surface area contributed by atoms with Crippen molar-refractivity contribution in [3.63, 3.8) is 0 Å². The molecule has 1 aliphatic heterocycles. The molecule has 0 saturated heterocycles. The van der Waals surface area contributed by atoms with Gasteiger partial charge in [-0.25, -0.2) is 0 Å². The SMILES string of the molecule is CC(C)(C)OC(=O)CNC(=O)c1c(O)c2c(n(Cc3ccc(C#N)cc3)c1=O)COC2. The number of benzene rings is 1. The van der Waals surface area contributed by atoms with Crippen molar-refractivity contribution >= 4 is 11.9 Å². The van der Waals surface area contributed by atoms with E-state index in [1.165, 1.54) is 4.57 Å². The Morgan fingerprint density at radius 1 is 1.26 bits per heavy atom. The van der Waals surface area contributed by atoms with Crippen LogP contribution in [0.15, 0.2) is 29.1 Å². The van der Waals surface area contributed by atoms with E-state index in [4.69, 9.17) is 14.7 Å². The molecule has 0 bridgehead atoms. The van der Waals surface area contributed by atoms with Crippen LogP contribution in [0.2, 0.25) is 0 Å². The van der Waals surface area contributed by atoms with Gasteiger partial charge < -0.3 is 24.5 Å². The van der Waals surface area contributed by atoms with Crippen LogP contribution in [0.25, 0.3) is 0 Å². The van der Waals surface area contributed by atoms with E-state index in [1.807, 2.05) is 6.07 Å². The second-order valence-electron chi connectivity index (χ2n) is 8.11. The fourth-order valence-corrected chi connectivity index (χ4v) is 3.23. The van der Waals surface area contributed by atoms with Crippen LogP contribution in [0.3, 0.4) is 0 Å². The summed E-state index contributed by atoms with van der Waals surface area (Å²) in [5.41, 5.74) is 0.182. The summed E-state index contributed by atoms with van der Waals surface area (Å²) in [7, 11) is 0. The van der Waals surface area contributed by atoms with E-state index in [2.05, 4.69) is 5.32 Å². The van der Waals surface area contributed by atoms with E-state index in [0.717, 1.165) is 5.56 Å². The Morgan fingerprint density at radius 2 is 1.94 bits per heavy atom. The number of fused-ring (bicyclic) bond motifs is 1. The highest BCUT2D eigenvalue weighted by molar-refractivity contribution is 5.98. The third-order valence-corrected chi connectivity index (χ3v) is 4.61. The zero-order valence-electron chi connectivity index (χ0n) is 17.5. The zero-order chi connectivity index (χ0) is 22.8. The number of ether oxygens (including phenoxy) is 2. The summed E-state index contributed by atoms with van der Waals surface area (Å²) >= 11 is 0. The monoisotopic (exact) mass is 425 g/mol. The highest BCUT2D eigenvalue weighted by atomic mass is 16.6. The molecule has 0 atom stereocenters. The van der Waals surface area contributed by atoms with Gasteiger partial charge >= 0.3 is 5.97 Å². The van der Waals surface area contributed by atoms with Gasteiger partial charge in [-0.2, -0.15) is 5.26 Å². The number of aromatic nitrogens is 1. The molecule has 2 heterocycles. The lowest BCUT2D eigenvalue weighted by molar-refractivity contribution is -0.153. The molecule has 0 aliphatic carbocycles. The van der Waals surface area contributed by atoms with Gasteiger partial charge in [0.1, 0.15) is 23.5 Å². The van der Waals surface area contributed by atoms with Crippen molar-refractivity contribution in [2.24, 2.45) is 0 Å². The number of hydrogen-bond acceptors (Lipinski definition) is 7. The van der Waals surface area contributed by atoms with Crippen LogP contribution < -0.4 is 10.9 Å². The predicted molar refractivity (Wildman–Crippen MR) is 109 cm³/mol. The molecule has 3 rings (SSSR count). The number of nitrogens with zero attached hydrogens (tertiary/aromatic N) is 2. The van der Waals surface area contributed by atoms with Crippen LogP contribution in [0.5, 0.6) is 5.75 Å². The minimum absolute atomic E-state index is 0.0567. The number of aromatic hydroxyl groups is 1. The zero-order valence-corrected chi connectivity index (χ0v) is 17.5. The second-order valence-corrected chi connectivity index (χ2v) is 8.11. The number of hydrogen-bond donors (Lipinski definition) is 2. The van der Waals surface area contributed by atoms with Gasteiger partial charge in [0, 0.05) is 5.56 Å². The van der Waals surface area contributed by atoms with Crippen molar-refractivity contribution < 1.29 is 24.2 Å². The molecule has 31 heavy (non-hydrogen) atoms. The predicted octanol–water partition coefficient (Wildman–Crippen LogP) is 1.58. The number of nitriles is 1. The van der Waals surface area contributed by atoms with Gasteiger partial charge in [-0.1, -0.05) is 12.1 Å². The normalized spacial score (nSPS) is 12.7. The number of carbonyl (C=O) groups excluding carboxylic acids is 2. The Labute approximate surface area is 178 Å². The minimum atomic E-state index is -0.878. The van der Waals surface area contributed by atoms with Crippen LogP contribution in [0.1, 0.15) is 53.5 Å². The Hall–Kier alpha value is -3.64. The maximum Gasteiger partial charge on any atom is 0.325 e. The standard InChI is InChI=1S/C22H23N3O6/c1-22(2,3)31-17(26)9-24-20(28)18-19(27)15-11-30-12-16(15)25(21(18)29)10-14-6-4-13(8-23)5-7-14/h4-7,27H,9-12H2,1-3H3,(H,24,28). The Balaban J connectivity index is 1.91. The van der Waals surface area contributed by atoms with Crippen molar-refractivity contribution in [1.82, 2.24) is 9.88 Å². The molecule has 9 nitrogen and oxygen atoms in total. The first-order valence-electron chi connectivity index (χ1n) is 9.65. The second kappa shape index (κ2) is 8.62. The van der Waals surface area contributed by atoms with Crippen LogP contribution in [-0.4, -0.2) is 33.7 Å². The molecular formula is C22H23N3O6. The largest absolute Gasteiger partial charge is 0.506 e. The van der Waals surface area contributed by atoms with Gasteiger partial charge in [-0.3, -0.25) is 14.4 Å². The summed E-state index contributed by atoms with van der Waals surface area (Å²) in [5.74, 6) is -1.99. The lowest BCUT2D eigenvalue weighted by atomic mass is 10.1. The smallest absolute Gasteiger partial charge is 0.325 e. The van der Waals surface area contributed by atoms with E-state index in [1.54, 1.807) is 45.0 Å². The van der Waals surface area contributed by atoms with Crippen molar-refractivity contribution in [3.05, 3.63) is 62.6 Å². The number of pyridine rings is 1. The van der Waals surface area contributed by atoms with Gasteiger partial charge in [0.2, 0.25) is 0 Å². The first-order chi connectivity index (χ1) is 14.6. The van der Waals surface area contributed by atoms with Crippen LogP contribution in [0, 0.1) is 11.3 Å². The minimum Gasteiger partial charge on any atom is -0.506 e. The van der Waals surface area contributed by atoms with Crippen molar-refractivity contribution in [3.8, 4) is 11.8 Å². The fourth-order valence-electron chi connectivity index (χ4n) is 3.23. The quantitative estimate of drug-likeness (QED) is 0.695. The number of carbonyl (C=O) groups is 2. The number of rotatable bonds is 5. The molecule has 1 aliphatic rings. The third-order valence-electron chi connectivity index (χ3n) is 4.61. The van der Waals surface area contributed by atoms with Gasteiger partial charge in [0.15, 0.2) is 0 Å². The molecule has 2 aromatic rings. The molecule has 0 radical (unpaired) electrons. The third kappa shape index (κ3) is 4.92. The van der Waals surface area contributed by atoms with Crippen LogP contribution >= 0.6 is 0 Å². The van der Waals surface area contributed by atoms with Gasteiger partial charge in [0.25, 0.3) is 11.5 Å². The Bertz CT molecular complexity index is 1120.